The number of hydrogen-bond donors (Lipinski definition) is 1. The number of carbonyl (C=O) groups excluding carboxylic acids is 1. The maximum atomic E-state index is 11.7. The minimum absolute atomic E-state index is 0.0366. The van der Waals surface area contributed by atoms with Crippen LogP contribution in [-0.4, -0.2) is 18.2 Å². The summed E-state index contributed by atoms with van der Waals surface area (Å²) in [5, 5.41) is 3.25. The summed E-state index contributed by atoms with van der Waals surface area (Å²) in [7, 11) is 0. The van der Waals surface area contributed by atoms with E-state index in [-0.39, 0.29) is 11.5 Å². The summed E-state index contributed by atoms with van der Waals surface area (Å²) in [6.45, 7) is 8.98. The van der Waals surface area contributed by atoms with E-state index >= 15 is 0 Å². The summed E-state index contributed by atoms with van der Waals surface area (Å²) in [5.41, 5.74) is 0.0366. The van der Waals surface area contributed by atoms with Crippen LogP contribution in [0.5, 0.6) is 0 Å². The standard InChI is InChI=1S/C24H49NO2/c1-5-7-8-9-10-11-12-13-14-15-16-17-18-19-20-21-23(26)27-22-25-24(3,4)6-2/h25H,5-22H2,1-4H3. The molecule has 0 aromatic rings. The Bertz CT molecular complexity index is 328. The van der Waals surface area contributed by atoms with Crippen molar-refractivity contribution in [3.63, 3.8) is 0 Å². The van der Waals surface area contributed by atoms with Crippen molar-refractivity contribution in [2.75, 3.05) is 6.73 Å². The molecule has 162 valence electrons. The third kappa shape index (κ3) is 20.0. The van der Waals surface area contributed by atoms with E-state index in [9.17, 15) is 4.79 Å². The van der Waals surface area contributed by atoms with Crippen molar-refractivity contribution >= 4 is 5.97 Å². The van der Waals surface area contributed by atoms with Crippen molar-refractivity contribution in [1.29, 1.82) is 0 Å². The third-order valence-corrected chi connectivity index (χ3v) is 5.65. The summed E-state index contributed by atoms with van der Waals surface area (Å²) in [6.07, 6.45) is 21.8. The second-order valence-electron chi connectivity index (χ2n) is 8.77. The Morgan fingerprint density at radius 1 is 0.704 bits per heavy atom. The van der Waals surface area contributed by atoms with Crippen LogP contribution in [0.2, 0.25) is 0 Å². The van der Waals surface area contributed by atoms with Crippen molar-refractivity contribution < 1.29 is 9.53 Å². The van der Waals surface area contributed by atoms with Crippen molar-refractivity contribution in [3.8, 4) is 0 Å². The van der Waals surface area contributed by atoms with Crippen LogP contribution in [0, 0.1) is 0 Å². The van der Waals surface area contributed by atoms with Crippen LogP contribution in [0.4, 0.5) is 0 Å². The summed E-state index contributed by atoms with van der Waals surface area (Å²) < 4.78 is 5.25. The van der Waals surface area contributed by atoms with Gasteiger partial charge in [-0.05, 0) is 26.7 Å². The average Bonchev–Trinajstić information content (AvgIpc) is 2.64. The Morgan fingerprint density at radius 2 is 1.11 bits per heavy atom. The summed E-state index contributed by atoms with van der Waals surface area (Å²) in [6, 6.07) is 0. The van der Waals surface area contributed by atoms with Gasteiger partial charge in [0.2, 0.25) is 0 Å². The van der Waals surface area contributed by atoms with Gasteiger partial charge in [0.25, 0.3) is 0 Å². The molecule has 0 fully saturated rings. The fraction of sp³-hybridized carbons (Fsp3) is 0.958. The van der Waals surface area contributed by atoms with Crippen LogP contribution in [0.1, 0.15) is 137 Å². The molecule has 3 heteroatoms. The van der Waals surface area contributed by atoms with E-state index in [1.807, 2.05) is 0 Å². The highest BCUT2D eigenvalue weighted by atomic mass is 16.5. The van der Waals surface area contributed by atoms with Gasteiger partial charge in [-0.25, -0.2) is 0 Å². The first kappa shape index (κ1) is 26.4. The minimum Gasteiger partial charge on any atom is -0.450 e. The van der Waals surface area contributed by atoms with E-state index in [0.717, 1.165) is 19.3 Å². The van der Waals surface area contributed by atoms with Gasteiger partial charge in [0.1, 0.15) is 6.73 Å². The highest BCUT2D eigenvalue weighted by Crippen LogP contribution is 2.14. The fourth-order valence-electron chi connectivity index (χ4n) is 3.15. The molecule has 1 N–H and O–H groups in total. The Kier molecular flexibility index (Phi) is 18.4. The van der Waals surface area contributed by atoms with Gasteiger partial charge in [-0.1, -0.05) is 104 Å². The predicted octanol–water partition coefficient (Wildman–Crippen LogP) is 7.53. The number of hydrogen-bond acceptors (Lipinski definition) is 3. The SMILES string of the molecule is CCCCCCCCCCCCCCCCCC(=O)OCNC(C)(C)CC. The van der Waals surface area contributed by atoms with E-state index < -0.39 is 0 Å². The number of esters is 1. The average molecular weight is 384 g/mol. The Labute approximate surface area is 170 Å². The Morgan fingerprint density at radius 3 is 1.52 bits per heavy atom. The zero-order chi connectivity index (χ0) is 20.2. The molecule has 0 heterocycles. The molecule has 0 aromatic carbocycles. The first-order valence-corrected chi connectivity index (χ1v) is 11.9. The number of unbranched alkanes of at least 4 members (excludes halogenated alkanes) is 14. The van der Waals surface area contributed by atoms with Crippen LogP contribution in [0.25, 0.3) is 0 Å². The normalized spacial score (nSPS) is 11.7. The molecular weight excluding hydrogens is 334 g/mol. The Hall–Kier alpha value is -0.570. The van der Waals surface area contributed by atoms with Gasteiger partial charge in [0.15, 0.2) is 0 Å². The van der Waals surface area contributed by atoms with Crippen molar-refractivity contribution in [1.82, 2.24) is 5.32 Å². The van der Waals surface area contributed by atoms with Crippen LogP contribution in [0.3, 0.4) is 0 Å². The lowest BCUT2D eigenvalue weighted by atomic mass is 10.0. The van der Waals surface area contributed by atoms with Gasteiger partial charge >= 0.3 is 5.97 Å². The molecule has 0 aliphatic heterocycles. The lowest BCUT2D eigenvalue weighted by Gasteiger charge is -2.24. The van der Waals surface area contributed by atoms with Gasteiger partial charge < -0.3 is 4.74 Å². The maximum absolute atomic E-state index is 11.7. The molecule has 0 rings (SSSR count). The summed E-state index contributed by atoms with van der Waals surface area (Å²) in [5.74, 6) is -0.0657. The van der Waals surface area contributed by atoms with E-state index in [1.54, 1.807) is 0 Å². The quantitative estimate of drug-likeness (QED) is 0.134. The molecular formula is C24H49NO2. The highest BCUT2D eigenvalue weighted by molar-refractivity contribution is 5.69. The van der Waals surface area contributed by atoms with E-state index in [2.05, 4.69) is 33.0 Å². The highest BCUT2D eigenvalue weighted by Gasteiger charge is 2.14. The summed E-state index contributed by atoms with van der Waals surface area (Å²) >= 11 is 0. The smallest absolute Gasteiger partial charge is 0.307 e. The van der Waals surface area contributed by atoms with E-state index in [4.69, 9.17) is 4.74 Å². The van der Waals surface area contributed by atoms with Gasteiger partial charge in [0, 0.05) is 12.0 Å². The predicted molar refractivity (Wildman–Crippen MR) is 118 cm³/mol. The molecule has 0 aromatic heterocycles. The van der Waals surface area contributed by atoms with Crippen molar-refractivity contribution in [3.05, 3.63) is 0 Å². The van der Waals surface area contributed by atoms with Crippen molar-refractivity contribution in [2.45, 2.75) is 142 Å². The van der Waals surface area contributed by atoms with Gasteiger partial charge in [-0.15, -0.1) is 0 Å². The lowest BCUT2D eigenvalue weighted by molar-refractivity contribution is -0.145. The number of ether oxygens (including phenoxy) is 1. The first-order chi connectivity index (χ1) is 13.0. The van der Waals surface area contributed by atoms with E-state index in [1.165, 1.54) is 83.5 Å². The number of carbonyl (C=O) groups is 1. The molecule has 0 radical (unpaired) electrons. The largest absolute Gasteiger partial charge is 0.450 e. The van der Waals surface area contributed by atoms with E-state index in [0.29, 0.717) is 13.2 Å². The molecule has 3 nitrogen and oxygen atoms in total. The topological polar surface area (TPSA) is 38.3 Å². The molecule has 0 amide bonds. The zero-order valence-corrected chi connectivity index (χ0v) is 19.0. The second-order valence-corrected chi connectivity index (χ2v) is 8.77. The molecule has 0 saturated carbocycles. The Balaban J connectivity index is 3.21. The zero-order valence-electron chi connectivity index (χ0n) is 19.0. The maximum Gasteiger partial charge on any atom is 0.307 e. The minimum atomic E-state index is -0.0657. The monoisotopic (exact) mass is 383 g/mol. The number of nitrogens with one attached hydrogen (secondary N) is 1. The molecule has 0 spiro atoms. The van der Waals surface area contributed by atoms with Crippen LogP contribution in [-0.2, 0) is 9.53 Å². The van der Waals surface area contributed by atoms with Gasteiger partial charge in [-0.3, -0.25) is 10.1 Å². The fourth-order valence-corrected chi connectivity index (χ4v) is 3.15. The molecule has 0 unspecified atom stereocenters. The second kappa shape index (κ2) is 18.8. The molecule has 27 heavy (non-hydrogen) atoms. The molecule has 0 saturated heterocycles. The van der Waals surface area contributed by atoms with Crippen LogP contribution in [0.15, 0.2) is 0 Å². The van der Waals surface area contributed by atoms with Crippen LogP contribution < -0.4 is 5.32 Å². The molecule has 0 aliphatic rings. The third-order valence-electron chi connectivity index (χ3n) is 5.65. The van der Waals surface area contributed by atoms with Gasteiger partial charge in [-0.2, -0.15) is 0 Å². The molecule has 0 aliphatic carbocycles. The summed E-state index contributed by atoms with van der Waals surface area (Å²) in [4.78, 5) is 11.7. The van der Waals surface area contributed by atoms with Gasteiger partial charge in [0.05, 0.1) is 0 Å². The number of rotatable bonds is 20. The first-order valence-electron chi connectivity index (χ1n) is 11.9. The van der Waals surface area contributed by atoms with Crippen LogP contribution >= 0.6 is 0 Å². The molecule has 0 bridgehead atoms. The molecule has 0 atom stereocenters. The van der Waals surface area contributed by atoms with Crippen molar-refractivity contribution in [2.24, 2.45) is 0 Å². The lowest BCUT2D eigenvalue weighted by Crippen LogP contribution is -2.40.